The molecule has 3 nitrogen and oxygen atoms in total. The van der Waals surface area contributed by atoms with E-state index in [4.69, 9.17) is 9.47 Å². The first-order chi connectivity index (χ1) is 12.0. The SMILES string of the molecule is COC(=O)c1ccc(OCc2ccccc2)c(C2=CCCC2(C)C)c1. The van der Waals surface area contributed by atoms with Gasteiger partial charge in [0.25, 0.3) is 0 Å². The average molecular weight is 336 g/mol. The smallest absolute Gasteiger partial charge is 0.337 e. The van der Waals surface area contributed by atoms with Gasteiger partial charge in [-0.3, -0.25) is 0 Å². The Morgan fingerprint density at radius 3 is 2.52 bits per heavy atom. The summed E-state index contributed by atoms with van der Waals surface area (Å²) in [5.41, 5.74) is 3.96. The maximum atomic E-state index is 12.0. The molecule has 3 heteroatoms. The largest absolute Gasteiger partial charge is 0.488 e. The Balaban J connectivity index is 1.95. The Morgan fingerprint density at radius 1 is 1.12 bits per heavy atom. The predicted octanol–water partition coefficient (Wildman–Crippen LogP) is 5.26. The maximum Gasteiger partial charge on any atom is 0.337 e. The molecule has 130 valence electrons. The van der Waals surface area contributed by atoms with Gasteiger partial charge in [0.05, 0.1) is 12.7 Å². The van der Waals surface area contributed by atoms with Gasteiger partial charge < -0.3 is 9.47 Å². The van der Waals surface area contributed by atoms with Crippen LogP contribution in [-0.4, -0.2) is 13.1 Å². The van der Waals surface area contributed by atoms with Gasteiger partial charge in [-0.25, -0.2) is 4.79 Å². The Bertz CT molecular complexity index is 788. The summed E-state index contributed by atoms with van der Waals surface area (Å²) < 4.78 is 11.0. The number of rotatable bonds is 5. The topological polar surface area (TPSA) is 35.5 Å². The molecule has 0 atom stereocenters. The summed E-state index contributed by atoms with van der Waals surface area (Å²) in [5, 5.41) is 0. The molecule has 1 aliphatic carbocycles. The molecule has 0 radical (unpaired) electrons. The molecule has 0 aliphatic heterocycles. The van der Waals surface area contributed by atoms with E-state index in [1.807, 2.05) is 42.5 Å². The van der Waals surface area contributed by atoms with Gasteiger partial charge in [0, 0.05) is 5.56 Å². The molecule has 0 saturated carbocycles. The molecule has 0 spiro atoms. The maximum absolute atomic E-state index is 12.0. The van der Waals surface area contributed by atoms with Gasteiger partial charge in [-0.2, -0.15) is 0 Å². The summed E-state index contributed by atoms with van der Waals surface area (Å²) in [6, 6.07) is 15.6. The van der Waals surface area contributed by atoms with Crippen molar-refractivity contribution in [1.29, 1.82) is 0 Å². The number of hydrogen-bond donors (Lipinski definition) is 0. The van der Waals surface area contributed by atoms with Crippen LogP contribution in [0.25, 0.3) is 5.57 Å². The van der Waals surface area contributed by atoms with E-state index in [0.717, 1.165) is 29.7 Å². The second-order valence-corrected chi connectivity index (χ2v) is 7.02. The van der Waals surface area contributed by atoms with Crippen molar-refractivity contribution in [2.45, 2.75) is 33.3 Å². The first-order valence-electron chi connectivity index (χ1n) is 8.61. The minimum Gasteiger partial charge on any atom is -0.488 e. The van der Waals surface area contributed by atoms with E-state index >= 15 is 0 Å². The lowest BCUT2D eigenvalue weighted by molar-refractivity contribution is 0.0600. The van der Waals surface area contributed by atoms with Crippen LogP contribution in [0.4, 0.5) is 0 Å². The van der Waals surface area contributed by atoms with Crippen LogP contribution in [0.15, 0.2) is 54.6 Å². The van der Waals surface area contributed by atoms with Gasteiger partial charge in [-0.05, 0) is 47.6 Å². The van der Waals surface area contributed by atoms with E-state index in [1.54, 1.807) is 6.07 Å². The number of benzene rings is 2. The van der Waals surface area contributed by atoms with Crippen molar-refractivity contribution >= 4 is 11.5 Å². The highest BCUT2D eigenvalue weighted by molar-refractivity contribution is 5.91. The Labute approximate surface area is 149 Å². The Morgan fingerprint density at radius 2 is 1.88 bits per heavy atom. The second-order valence-electron chi connectivity index (χ2n) is 7.02. The molecular weight excluding hydrogens is 312 g/mol. The van der Waals surface area contributed by atoms with Gasteiger partial charge in [0.2, 0.25) is 0 Å². The van der Waals surface area contributed by atoms with Crippen LogP contribution in [0.5, 0.6) is 5.75 Å². The zero-order valence-electron chi connectivity index (χ0n) is 15.0. The van der Waals surface area contributed by atoms with E-state index in [0.29, 0.717) is 12.2 Å². The standard InChI is InChI=1S/C22H24O3/c1-22(2)13-7-10-19(22)18-14-17(21(23)24-3)11-12-20(18)25-15-16-8-5-4-6-9-16/h4-6,8-12,14H,7,13,15H2,1-3H3. The monoisotopic (exact) mass is 336 g/mol. The van der Waals surface area contributed by atoms with E-state index in [-0.39, 0.29) is 11.4 Å². The second kappa shape index (κ2) is 7.14. The van der Waals surface area contributed by atoms with Crippen LogP contribution >= 0.6 is 0 Å². The summed E-state index contributed by atoms with van der Waals surface area (Å²) in [7, 11) is 1.40. The first-order valence-corrected chi connectivity index (χ1v) is 8.61. The molecule has 25 heavy (non-hydrogen) atoms. The van der Waals surface area contributed by atoms with Crippen LogP contribution in [-0.2, 0) is 11.3 Å². The highest BCUT2D eigenvalue weighted by atomic mass is 16.5. The quantitative estimate of drug-likeness (QED) is 0.699. The molecule has 2 aromatic carbocycles. The first kappa shape index (κ1) is 17.3. The molecule has 2 aromatic rings. The van der Waals surface area contributed by atoms with Crippen LogP contribution in [0, 0.1) is 5.41 Å². The highest BCUT2D eigenvalue weighted by Gasteiger charge is 2.30. The lowest BCUT2D eigenvalue weighted by Gasteiger charge is -2.25. The van der Waals surface area contributed by atoms with Crippen molar-refractivity contribution in [1.82, 2.24) is 0 Å². The molecule has 0 amide bonds. The lowest BCUT2D eigenvalue weighted by atomic mass is 9.81. The fourth-order valence-corrected chi connectivity index (χ4v) is 3.31. The van der Waals surface area contributed by atoms with Gasteiger partial charge in [0.15, 0.2) is 0 Å². The highest BCUT2D eigenvalue weighted by Crippen LogP contribution is 2.47. The number of carbonyl (C=O) groups is 1. The molecule has 0 saturated heterocycles. The van der Waals surface area contributed by atoms with Crippen molar-refractivity contribution in [3.8, 4) is 5.75 Å². The van der Waals surface area contributed by atoms with Crippen molar-refractivity contribution in [2.24, 2.45) is 5.41 Å². The predicted molar refractivity (Wildman–Crippen MR) is 99.5 cm³/mol. The Hall–Kier alpha value is -2.55. The number of ether oxygens (including phenoxy) is 2. The molecule has 0 aromatic heterocycles. The number of allylic oxidation sites excluding steroid dienone is 2. The van der Waals surface area contributed by atoms with E-state index in [9.17, 15) is 4.79 Å². The van der Waals surface area contributed by atoms with Gasteiger partial charge in [-0.15, -0.1) is 0 Å². The molecular formula is C22H24O3. The van der Waals surface area contributed by atoms with Crippen LogP contribution < -0.4 is 4.74 Å². The normalized spacial score (nSPS) is 15.6. The molecule has 3 rings (SSSR count). The van der Waals surface area contributed by atoms with E-state index < -0.39 is 0 Å². The molecule has 0 N–H and O–H groups in total. The van der Waals surface area contributed by atoms with Crippen molar-refractivity contribution in [2.75, 3.05) is 7.11 Å². The number of hydrogen-bond acceptors (Lipinski definition) is 3. The minimum absolute atomic E-state index is 0.0690. The van der Waals surface area contributed by atoms with Gasteiger partial charge in [0.1, 0.15) is 12.4 Å². The molecule has 0 heterocycles. The summed E-state index contributed by atoms with van der Waals surface area (Å²) >= 11 is 0. The molecule has 0 bridgehead atoms. The summed E-state index contributed by atoms with van der Waals surface area (Å²) in [5.74, 6) is 0.477. The van der Waals surface area contributed by atoms with Crippen molar-refractivity contribution < 1.29 is 14.3 Å². The Kier molecular flexibility index (Phi) is 4.93. The number of methoxy groups -OCH3 is 1. The summed E-state index contributed by atoms with van der Waals surface area (Å²) in [6.45, 7) is 4.97. The van der Waals surface area contributed by atoms with Gasteiger partial charge >= 0.3 is 5.97 Å². The molecule has 0 unspecified atom stereocenters. The third kappa shape index (κ3) is 3.76. The van der Waals surface area contributed by atoms with Crippen LogP contribution in [0.1, 0.15) is 48.2 Å². The van der Waals surface area contributed by atoms with Crippen LogP contribution in [0.2, 0.25) is 0 Å². The third-order valence-electron chi connectivity index (χ3n) is 4.77. The average Bonchev–Trinajstić information content (AvgIpc) is 2.99. The number of carbonyl (C=O) groups excluding carboxylic acids is 1. The third-order valence-corrected chi connectivity index (χ3v) is 4.77. The van der Waals surface area contributed by atoms with Crippen molar-refractivity contribution in [3.63, 3.8) is 0 Å². The van der Waals surface area contributed by atoms with Gasteiger partial charge in [-0.1, -0.05) is 50.3 Å². The zero-order valence-corrected chi connectivity index (χ0v) is 15.0. The molecule has 0 fully saturated rings. The van der Waals surface area contributed by atoms with Crippen molar-refractivity contribution in [3.05, 3.63) is 71.3 Å². The molecule has 1 aliphatic rings. The summed E-state index contributed by atoms with van der Waals surface area (Å²) in [6.07, 6.45) is 4.40. The number of esters is 1. The zero-order chi connectivity index (χ0) is 17.9. The lowest BCUT2D eigenvalue weighted by Crippen LogP contribution is -2.11. The fraction of sp³-hybridized carbons (Fsp3) is 0.318. The minimum atomic E-state index is -0.327. The summed E-state index contributed by atoms with van der Waals surface area (Å²) in [4.78, 5) is 12.0. The van der Waals surface area contributed by atoms with E-state index in [2.05, 4.69) is 19.9 Å². The fourth-order valence-electron chi connectivity index (χ4n) is 3.31. The van der Waals surface area contributed by atoms with E-state index in [1.165, 1.54) is 12.7 Å². The van der Waals surface area contributed by atoms with Crippen LogP contribution in [0.3, 0.4) is 0 Å².